The molecule has 2 rings (SSSR count). The van der Waals surface area contributed by atoms with E-state index < -0.39 is 6.36 Å². The summed E-state index contributed by atoms with van der Waals surface area (Å²) in [5.41, 5.74) is 1.06. The third kappa shape index (κ3) is 6.95. The van der Waals surface area contributed by atoms with E-state index in [9.17, 15) is 13.2 Å². The number of hydrogen-bond donors (Lipinski definition) is 0. The Kier molecular flexibility index (Phi) is 7.16. The number of hydrogen-bond acceptors (Lipinski definition) is 2. The molecule has 1 saturated carbocycles. The summed E-state index contributed by atoms with van der Waals surface area (Å²) in [6.07, 6.45) is 6.59. The third-order valence-electron chi connectivity index (χ3n) is 4.56. The highest BCUT2D eigenvalue weighted by Crippen LogP contribution is 2.32. The Balaban J connectivity index is 1.71. The Morgan fingerprint density at radius 2 is 1.75 bits per heavy atom. The van der Waals surface area contributed by atoms with Crippen LogP contribution in [-0.2, 0) is 11.2 Å². The number of halogens is 3. The van der Waals surface area contributed by atoms with Crippen LogP contribution in [0.2, 0.25) is 0 Å². The van der Waals surface area contributed by atoms with E-state index in [0.29, 0.717) is 18.4 Å². The molecule has 0 amide bonds. The van der Waals surface area contributed by atoms with Crippen molar-refractivity contribution in [3.63, 3.8) is 0 Å². The summed E-state index contributed by atoms with van der Waals surface area (Å²) in [5, 5.41) is 0. The minimum Gasteiger partial charge on any atom is -0.406 e. The number of methoxy groups -OCH3 is 1. The lowest BCUT2D eigenvalue weighted by atomic mass is 9.79. The average molecular weight is 342 g/mol. The van der Waals surface area contributed by atoms with E-state index >= 15 is 0 Å². The van der Waals surface area contributed by atoms with Crippen LogP contribution in [0, 0.1) is 11.8 Å². The first-order valence-corrected chi connectivity index (χ1v) is 8.46. The van der Waals surface area contributed by atoms with Crippen molar-refractivity contribution in [3.05, 3.63) is 42.0 Å². The minimum absolute atomic E-state index is 0.158. The lowest BCUT2D eigenvalue weighted by Crippen LogP contribution is -2.17. The van der Waals surface area contributed by atoms with Crippen LogP contribution in [0.4, 0.5) is 13.2 Å². The van der Waals surface area contributed by atoms with Gasteiger partial charge in [-0.3, -0.25) is 0 Å². The van der Waals surface area contributed by atoms with Crippen LogP contribution in [0.15, 0.2) is 36.4 Å². The summed E-state index contributed by atoms with van der Waals surface area (Å²) >= 11 is 0. The molecular weight excluding hydrogens is 317 g/mol. The van der Waals surface area contributed by atoms with Gasteiger partial charge in [0.25, 0.3) is 0 Å². The number of allylic oxidation sites excluding steroid dienone is 1. The Morgan fingerprint density at radius 3 is 2.33 bits per heavy atom. The van der Waals surface area contributed by atoms with Crippen molar-refractivity contribution in [2.24, 2.45) is 11.8 Å². The normalized spacial score (nSPS) is 22.0. The molecule has 0 aromatic heterocycles. The van der Waals surface area contributed by atoms with Crippen LogP contribution in [0.1, 0.15) is 37.7 Å². The number of ether oxygens (including phenoxy) is 2. The van der Waals surface area contributed by atoms with Gasteiger partial charge >= 0.3 is 6.36 Å². The van der Waals surface area contributed by atoms with Crippen molar-refractivity contribution in [1.29, 1.82) is 0 Å². The van der Waals surface area contributed by atoms with Crippen LogP contribution >= 0.6 is 0 Å². The molecule has 0 saturated heterocycles. The number of benzene rings is 1. The Bertz CT molecular complexity index is 500. The molecule has 0 aliphatic heterocycles. The highest BCUT2D eigenvalue weighted by atomic mass is 19.4. The Hall–Kier alpha value is -1.49. The molecule has 0 bridgehead atoms. The predicted octanol–water partition coefficient (Wildman–Crippen LogP) is 5.53. The van der Waals surface area contributed by atoms with Gasteiger partial charge in [0.05, 0.1) is 6.61 Å². The first kappa shape index (κ1) is 18.8. The third-order valence-corrected chi connectivity index (χ3v) is 4.56. The molecular formula is C19H25F3O2. The Labute approximate surface area is 141 Å². The van der Waals surface area contributed by atoms with Crippen molar-refractivity contribution in [3.8, 4) is 5.75 Å². The van der Waals surface area contributed by atoms with Gasteiger partial charge in [-0.15, -0.1) is 13.2 Å². The first-order valence-electron chi connectivity index (χ1n) is 8.46. The molecule has 134 valence electrons. The van der Waals surface area contributed by atoms with Crippen LogP contribution in [0.3, 0.4) is 0 Å². The molecule has 1 aromatic rings. The maximum Gasteiger partial charge on any atom is 0.573 e. The summed E-state index contributed by atoms with van der Waals surface area (Å²) in [4.78, 5) is 0. The lowest BCUT2D eigenvalue weighted by Gasteiger charge is -2.26. The van der Waals surface area contributed by atoms with Gasteiger partial charge in [-0.05, 0) is 68.1 Å². The van der Waals surface area contributed by atoms with Gasteiger partial charge < -0.3 is 9.47 Å². The first-order chi connectivity index (χ1) is 11.5. The Morgan fingerprint density at radius 1 is 1.08 bits per heavy atom. The molecule has 1 fully saturated rings. The zero-order valence-electron chi connectivity index (χ0n) is 14.0. The fourth-order valence-corrected chi connectivity index (χ4v) is 3.24. The zero-order chi connectivity index (χ0) is 17.4. The largest absolute Gasteiger partial charge is 0.573 e. The van der Waals surface area contributed by atoms with Gasteiger partial charge in [0.15, 0.2) is 0 Å². The van der Waals surface area contributed by atoms with Crippen molar-refractivity contribution >= 4 is 0 Å². The van der Waals surface area contributed by atoms with Gasteiger partial charge in [-0.1, -0.05) is 24.3 Å². The van der Waals surface area contributed by atoms with E-state index in [1.807, 2.05) is 0 Å². The molecule has 0 radical (unpaired) electrons. The maximum absolute atomic E-state index is 12.1. The van der Waals surface area contributed by atoms with E-state index in [0.717, 1.165) is 18.4 Å². The predicted molar refractivity (Wildman–Crippen MR) is 87.9 cm³/mol. The molecule has 2 nitrogen and oxygen atoms in total. The molecule has 0 unspecified atom stereocenters. The molecule has 5 heteroatoms. The van der Waals surface area contributed by atoms with Crippen LogP contribution in [0.25, 0.3) is 0 Å². The molecule has 1 aliphatic rings. The summed E-state index contributed by atoms with van der Waals surface area (Å²) in [7, 11) is 1.70. The molecule has 1 aliphatic carbocycles. The quantitative estimate of drug-likeness (QED) is 0.607. The smallest absolute Gasteiger partial charge is 0.406 e. The molecule has 1 aromatic carbocycles. The molecule has 0 spiro atoms. The number of rotatable bonds is 7. The van der Waals surface area contributed by atoms with Crippen LogP contribution in [0.5, 0.6) is 5.75 Å². The van der Waals surface area contributed by atoms with E-state index in [-0.39, 0.29) is 5.75 Å². The average Bonchev–Trinajstić information content (AvgIpc) is 2.54. The fourth-order valence-electron chi connectivity index (χ4n) is 3.24. The second-order valence-electron chi connectivity index (χ2n) is 6.39. The second kappa shape index (κ2) is 9.11. The van der Waals surface area contributed by atoms with E-state index in [4.69, 9.17) is 4.74 Å². The second-order valence-corrected chi connectivity index (χ2v) is 6.39. The van der Waals surface area contributed by atoms with Crippen LogP contribution in [-0.4, -0.2) is 20.1 Å². The monoisotopic (exact) mass is 342 g/mol. The topological polar surface area (TPSA) is 18.5 Å². The fraction of sp³-hybridized carbons (Fsp3) is 0.579. The molecule has 0 heterocycles. The van der Waals surface area contributed by atoms with Gasteiger partial charge in [0.1, 0.15) is 5.75 Å². The molecule has 0 N–H and O–H groups in total. The van der Waals surface area contributed by atoms with Gasteiger partial charge in [0.2, 0.25) is 0 Å². The minimum atomic E-state index is -4.63. The van der Waals surface area contributed by atoms with Crippen molar-refractivity contribution in [2.45, 2.75) is 44.9 Å². The van der Waals surface area contributed by atoms with Crippen molar-refractivity contribution in [2.75, 3.05) is 13.7 Å². The zero-order valence-corrected chi connectivity index (χ0v) is 14.0. The highest BCUT2D eigenvalue weighted by Gasteiger charge is 2.30. The summed E-state index contributed by atoms with van der Waals surface area (Å²) in [6, 6.07) is 6.22. The van der Waals surface area contributed by atoms with Crippen molar-refractivity contribution < 1.29 is 22.6 Å². The van der Waals surface area contributed by atoms with Gasteiger partial charge in [-0.25, -0.2) is 0 Å². The van der Waals surface area contributed by atoms with Crippen LogP contribution < -0.4 is 4.74 Å². The summed E-state index contributed by atoms with van der Waals surface area (Å²) < 4.78 is 45.3. The summed E-state index contributed by atoms with van der Waals surface area (Å²) in [5.74, 6) is 1.22. The van der Waals surface area contributed by atoms with Crippen molar-refractivity contribution in [1.82, 2.24) is 0 Å². The van der Waals surface area contributed by atoms with Gasteiger partial charge in [-0.2, -0.15) is 0 Å². The number of alkyl halides is 3. The highest BCUT2D eigenvalue weighted by molar-refractivity contribution is 5.27. The van der Waals surface area contributed by atoms with E-state index in [2.05, 4.69) is 16.9 Å². The van der Waals surface area contributed by atoms with Gasteiger partial charge in [0, 0.05) is 7.11 Å². The SMILES string of the molecule is COC/C=C/[C@H]1CC[C@H](CCc2ccc(OC(F)(F)F)cc2)CC1. The molecule has 24 heavy (non-hydrogen) atoms. The van der Waals surface area contributed by atoms with E-state index in [1.165, 1.54) is 37.8 Å². The number of aryl methyl sites for hydroxylation is 1. The summed E-state index contributed by atoms with van der Waals surface area (Å²) in [6.45, 7) is 0.675. The lowest BCUT2D eigenvalue weighted by molar-refractivity contribution is -0.274. The maximum atomic E-state index is 12.1. The molecule has 0 atom stereocenters. The van der Waals surface area contributed by atoms with E-state index in [1.54, 1.807) is 19.2 Å². The standard InChI is InChI=1S/C19H25F3O2/c1-23-14-2-3-15-4-6-16(7-5-15)8-9-17-10-12-18(13-11-17)24-19(20,21)22/h2-3,10-13,15-16H,4-9,14H2,1H3/b3-2+/t15-,16-.